The van der Waals surface area contributed by atoms with Crippen molar-refractivity contribution in [1.29, 1.82) is 0 Å². The van der Waals surface area contributed by atoms with E-state index in [9.17, 15) is 4.79 Å². The van der Waals surface area contributed by atoms with Crippen molar-refractivity contribution in [2.75, 3.05) is 24.6 Å². The zero-order valence-corrected chi connectivity index (χ0v) is 15.6. The minimum Gasteiger partial charge on any atom is -0.372 e. The van der Waals surface area contributed by atoms with Gasteiger partial charge in [0.05, 0.1) is 35.3 Å². The first-order chi connectivity index (χ1) is 12.0. The van der Waals surface area contributed by atoms with Crippen molar-refractivity contribution in [2.45, 2.75) is 12.5 Å². The zero-order chi connectivity index (χ0) is 18.0. The van der Waals surface area contributed by atoms with Crippen molar-refractivity contribution >= 4 is 40.5 Å². The molecule has 0 aliphatic carbocycles. The number of hydrogen-bond donors (Lipinski definition) is 0. The molecule has 1 atom stereocenters. The average molecular weight is 401 g/mol. The summed E-state index contributed by atoms with van der Waals surface area (Å²) >= 11 is 18.4. The van der Waals surface area contributed by atoms with Crippen LogP contribution in [0.5, 0.6) is 0 Å². The molecule has 1 aliphatic heterocycles. The quantitative estimate of drug-likeness (QED) is 0.712. The number of benzene rings is 1. The summed E-state index contributed by atoms with van der Waals surface area (Å²) in [5, 5.41) is 5.13. The summed E-state index contributed by atoms with van der Waals surface area (Å²) in [7, 11) is 0. The molecular weight excluding hydrogens is 385 g/mol. The number of halogens is 3. The van der Waals surface area contributed by atoms with E-state index in [1.54, 1.807) is 30.5 Å². The number of rotatable bonds is 5. The Morgan fingerprint density at radius 2 is 2.12 bits per heavy atom. The SMILES string of the molecule is C=CCOC1CCN(c2cnn(-c3ccc(Cl)cc3Cl)c(=O)c2Cl)C1. The van der Waals surface area contributed by atoms with Gasteiger partial charge in [0.2, 0.25) is 0 Å². The van der Waals surface area contributed by atoms with E-state index in [-0.39, 0.29) is 11.1 Å². The molecule has 8 heteroatoms. The minimum atomic E-state index is -0.432. The highest BCUT2D eigenvalue weighted by Gasteiger charge is 2.26. The van der Waals surface area contributed by atoms with Crippen molar-refractivity contribution in [1.82, 2.24) is 9.78 Å². The summed E-state index contributed by atoms with van der Waals surface area (Å²) in [6.45, 7) is 5.54. The first-order valence-electron chi connectivity index (χ1n) is 7.72. The Balaban J connectivity index is 1.89. The lowest BCUT2D eigenvalue weighted by atomic mass is 10.3. The zero-order valence-electron chi connectivity index (χ0n) is 13.3. The molecule has 1 saturated heterocycles. The van der Waals surface area contributed by atoms with Crippen LogP contribution in [0.3, 0.4) is 0 Å². The largest absolute Gasteiger partial charge is 0.372 e. The third kappa shape index (κ3) is 3.85. The highest BCUT2D eigenvalue weighted by Crippen LogP contribution is 2.28. The molecule has 0 N–H and O–H groups in total. The highest BCUT2D eigenvalue weighted by atomic mass is 35.5. The Kier molecular flexibility index (Phi) is 5.69. The van der Waals surface area contributed by atoms with Crippen LogP contribution in [0.1, 0.15) is 6.42 Å². The topological polar surface area (TPSA) is 47.4 Å². The van der Waals surface area contributed by atoms with Gasteiger partial charge in [0.15, 0.2) is 0 Å². The van der Waals surface area contributed by atoms with Gasteiger partial charge in [-0.15, -0.1) is 6.58 Å². The van der Waals surface area contributed by atoms with Crippen molar-refractivity contribution in [3.05, 3.63) is 62.5 Å². The molecular formula is C17H16Cl3N3O2. The van der Waals surface area contributed by atoms with E-state index in [2.05, 4.69) is 11.7 Å². The fraction of sp³-hybridized carbons (Fsp3) is 0.294. The summed E-state index contributed by atoms with van der Waals surface area (Å²) in [6, 6.07) is 4.82. The maximum absolute atomic E-state index is 12.6. The van der Waals surface area contributed by atoms with Crippen LogP contribution in [0, 0.1) is 0 Å². The van der Waals surface area contributed by atoms with Crippen LogP contribution in [0.15, 0.2) is 41.8 Å². The molecule has 3 rings (SSSR count). The van der Waals surface area contributed by atoms with Crippen LogP contribution in [-0.2, 0) is 4.74 Å². The van der Waals surface area contributed by atoms with E-state index in [1.165, 1.54) is 4.68 Å². The normalized spacial score (nSPS) is 17.1. The lowest BCUT2D eigenvalue weighted by molar-refractivity contribution is 0.0909. The number of nitrogens with zero attached hydrogens (tertiary/aromatic N) is 3. The second-order valence-corrected chi connectivity index (χ2v) is 6.86. The second kappa shape index (κ2) is 7.79. The minimum absolute atomic E-state index is 0.0854. The Hall–Kier alpha value is -1.53. The van der Waals surface area contributed by atoms with Gasteiger partial charge in [0, 0.05) is 18.1 Å². The van der Waals surface area contributed by atoms with Gasteiger partial charge < -0.3 is 9.64 Å². The molecule has 1 aromatic heterocycles. The van der Waals surface area contributed by atoms with Gasteiger partial charge in [-0.05, 0) is 24.6 Å². The van der Waals surface area contributed by atoms with E-state index in [4.69, 9.17) is 39.5 Å². The molecule has 1 unspecified atom stereocenters. The van der Waals surface area contributed by atoms with E-state index >= 15 is 0 Å². The van der Waals surface area contributed by atoms with Crippen LogP contribution in [0.25, 0.3) is 5.69 Å². The first-order valence-corrected chi connectivity index (χ1v) is 8.85. The van der Waals surface area contributed by atoms with Crippen molar-refractivity contribution in [3.63, 3.8) is 0 Å². The lowest BCUT2D eigenvalue weighted by Gasteiger charge is -2.20. The molecule has 1 fully saturated rings. The van der Waals surface area contributed by atoms with E-state index < -0.39 is 5.56 Å². The van der Waals surface area contributed by atoms with Gasteiger partial charge in [-0.1, -0.05) is 40.9 Å². The summed E-state index contributed by atoms with van der Waals surface area (Å²) in [6.07, 6.45) is 4.23. The fourth-order valence-corrected chi connectivity index (χ4v) is 3.49. The molecule has 25 heavy (non-hydrogen) atoms. The van der Waals surface area contributed by atoms with Gasteiger partial charge in [-0.2, -0.15) is 9.78 Å². The average Bonchev–Trinajstić information content (AvgIpc) is 3.05. The number of hydrogen-bond acceptors (Lipinski definition) is 4. The summed E-state index contributed by atoms with van der Waals surface area (Å²) in [4.78, 5) is 14.6. The third-order valence-electron chi connectivity index (χ3n) is 3.97. The number of anilines is 1. The molecule has 1 aromatic carbocycles. The maximum atomic E-state index is 12.6. The Bertz CT molecular complexity index is 854. The van der Waals surface area contributed by atoms with Crippen molar-refractivity contribution < 1.29 is 4.74 Å². The van der Waals surface area contributed by atoms with E-state index in [0.29, 0.717) is 34.6 Å². The van der Waals surface area contributed by atoms with E-state index in [0.717, 1.165) is 13.0 Å². The van der Waals surface area contributed by atoms with Crippen LogP contribution in [-0.4, -0.2) is 35.6 Å². The van der Waals surface area contributed by atoms with Gasteiger partial charge >= 0.3 is 0 Å². The van der Waals surface area contributed by atoms with Crippen molar-refractivity contribution in [2.24, 2.45) is 0 Å². The molecule has 0 radical (unpaired) electrons. The van der Waals surface area contributed by atoms with Crippen LogP contribution in [0.2, 0.25) is 15.1 Å². The van der Waals surface area contributed by atoms with Gasteiger partial charge in [-0.3, -0.25) is 4.79 Å². The Labute approximate surface area is 160 Å². The van der Waals surface area contributed by atoms with Gasteiger partial charge in [-0.25, -0.2) is 0 Å². The maximum Gasteiger partial charge on any atom is 0.292 e. The first kappa shape index (κ1) is 18.3. The molecule has 1 aliphatic rings. The van der Waals surface area contributed by atoms with Crippen molar-refractivity contribution in [3.8, 4) is 5.69 Å². The summed E-state index contributed by atoms with van der Waals surface area (Å²) in [5.74, 6) is 0. The third-order valence-corrected chi connectivity index (χ3v) is 4.87. The Morgan fingerprint density at radius 1 is 1.32 bits per heavy atom. The highest BCUT2D eigenvalue weighted by molar-refractivity contribution is 6.36. The Morgan fingerprint density at radius 3 is 2.84 bits per heavy atom. The molecule has 0 saturated carbocycles. The molecule has 132 valence electrons. The standard InChI is InChI=1S/C17H16Cl3N3O2/c1-2-7-25-12-5-6-22(10-12)15-9-21-23(17(24)16(15)20)14-4-3-11(18)8-13(14)19/h2-4,8-9,12H,1,5-7,10H2. The predicted octanol–water partition coefficient (Wildman–Crippen LogP) is 3.97. The monoisotopic (exact) mass is 399 g/mol. The number of aromatic nitrogens is 2. The molecule has 5 nitrogen and oxygen atoms in total. The fourth-order valence-electron chi connectivity index (χ4n) is 2.76. The van der Waals surface area contributed by atoms with Gasteiger partial charge in [0.25, 0.3) is 5.56 Å². The van der Waals surface area contributed by atoms with Crippen LogP contribution < -0.4 is 10.5 Å². The summed E-state index contributed by atoms with van der Waals surface area (Å²) in [5.41, 5.74) is 0.592. The molecule has 2 heterocycles. The lowest BCUT2D eigenvalue weighted by Crippen LogP contribution is -2.28. The summed E-state index contributed by atoms with van der Waals surface area (Å²) < 4.78 is 6.83. The smallest absolute Gasteiger partial charge is 0.292 e. The van der Waals surface area contributed by atoms with Crippen LogP contribution >= 0.6 is 34.8 Å². The molecule has 0 amide bonds. The molecule has 0 spiro atoms. The number of ether oxygens (including phenoxy) is 1. The predicted molar refractivity (Wildman–Crippen MR) is 102 cm³/mol. The van der Waals surface area contributed by atoms with E-state index in [1.807, 2.05) is 4.90 Å². The molecule has 0 bridgehead atoms. The van der Waals surface area contributed by atoms with Crippen LogP contribution in [0.4, 0.5) is 5.69 Å². The molecule has 2 aromatic rings. The van der Waals surface area contributed by atoms with Gasteiger partial charge in [0.1, 0.15) is 5.02 Å². The second-order valence-electron chi connectivity index (χ2n) is 5.64.